The van der Waals surface area contributed by atoms with E-state index >= 15 is 0 Å². The van der Waals surface area contributed by atoms with Crippen LogP contribution in [0.2, 0.25) is 0 Å². The van der Waals surface area contributed by atoms with Crippen molar-refractivity contribution < 1.29 is 49.1 Å². The van der Waals surface area contributed by atoms with E-state index in [-0.39, 0.29) is 67.7 Å². The molecule has 1 saturated carbocycles. The first-order chi connectivity index (χ1) is 15.3. The van der Waals surface area contributed by atoms with Gasteiger partial charge in [0.15, 0.2) is 5.03 Å². The van der Waals surface area contributed by atoms with Crippen molar-refractivity contribution in [3.05, 3.63) is 83.3 Å². The number of sulfone groups is 1. The fourth-order valence-corrected chi connectivity index (χ4v) is 6.72. The van der Waals surface area contributed by atoms with Gasteiger partial charge >= 0.3 is 31.1 Å². The topological polar surface area (TPSA) is 84.8 Å². The number of allylic oxidation sites excluding steroid dienone is 4. The molecule has 0 spiro atoms. The van der Waals surface area contributed by atoms with Crippen molar-refractivity contribution in [1.29, 1.82) is 0 Å². The molecular weight excluding hydrogens is 777 g/mol. The van der Waals surface area contributed by atoms with E-state index in [4.69, 9.17) is 4.74 Å². The van der Waals surface area contributed by atoms with E-state index < -0.39 is 21.3 Å². The van der Waals surface area contributed by atoms with Crippen LogP contribution < -0.4 is 10.1 Å². The Morgan fingerprint density at radius 3 is 2.88 bits per heavy atom. The summed E-state index contributed by atoms with van der Waals surface area (Å²) >= 11 is -0.224. The molecule has 1 aliphatic carbocycles. The van der Waals surface area contributed by atoms with Crippen molar-refractivity contribution >= 4 is 46.7 Å². The summed E-state index contributed by atoms with van der Waals surface area (Å²) in [4.78, 5) is 17.6. The first kappa shape index (κ1) is 26.3. The Hall–Kier alpha value is -1.28. The van der Waals surface area contributed by atoms with E-state index in [9.17, 15) is 13.2 Å². The number of amides is 1. The molecule has 1 amide bonds. The van der Waals surface area contributed by atoms with Crippen molar-refractivity contribution in [1.82, 2.24) is 5.32 Å². The first-order valence-corrected chi connectivity index (χ1v) is 14.1. The summed E-state index contributed by atoms with van der Waals surface area (Å²) in [6, 6.07) is 7.64. The van der Waals surface area contributed by atoms with E-state index in [1.807, 2.05) is 16.2 Å². The van der Waals surface area contributed by atoms with Gasteiger partial charge in [0.25, 0.3) is 0 Å². The zero-order chi connectivity index (χ0) is 22.8. The van der Waals surface area contributed by atoms with Crippen LogP contribution in [0.3, 0.4) is 0 Å². The number of nitrogens with zero attached hydrogens (tertiary/aromatic N) is 1. The third kappa shape index (κ3) is 5.87. The summed E-state index contributed by atoms with van der Waals surface area (Å²) < 4.78 is 33.8. The van der Waals surface area contributed by atoms with Gasteiger partial charge in [-0.3, -0.25) is 4.79 Å². The standard InChI is InChI=1S/C24H23IN2O4S.U/c1-17-8-9-21(10-13-25-17)32(29,30)22-16-19(6-4-14-26-22)27-23(28)24(11-12-24)18-5-3-7-20(15-18)31-2;/h3-6,8-10,13-17,19H,2,11-12H2,1H3,(H,27,28);/q-2;+2. The third-order valence-electron chi connectivity index (χ3n) is 5.50. The molecule has 2 atom stereocenters. The quantitative estimate of drug-likeness (QED) is 0.271. The van der Waals surface area contributed by atoms with E-state index in [1.54, 1.807) is 36.4 Å². The number of ether oxygens (including phenoxy) is 1. The number of carbonyl (C=O) groups is 1. The number of nitrogens with one attached hydrogen (secondary N) is 1. The third-order valence-corrected chi connectivity index (χ3v) is 9.51. The van der Waals surface area contributed by atoms with E-state index in [0.717, 1.165) is 5.56 Å². The second-order valence-corrected chi connectivity index (χ2v) is 13.0. The van der Waals surface area contributed by atoms with Crippen LogP contribution in [-0.4, -0.2) is 34.5 Å². The van der Waals surface area contributed by atoms with Crippen LogP contribution in [0.1, 0.15) is 25.3 Å². The molecule has 170 valence electrons. The molecule has 3 aliphatic rings. The molecule has 0 radical (unpaired) electrons. The molecular formula is C24H23IN2O4SU. The summed E-state index contributed by atoms with van der Waals surface area (Å²) in [7, 11) is -0.401. The van der Waals surface area contributed by atoms with Crippen LogP contribution in [0.4, 0.5) is 0 Å². The van der Waals surface area contributed by atoms with Crippen molar-refractivity contribution in [3.8, 4) is 5.75 Å². The number of carbonyl (C=O) groups excluding carboxylic acids is 1. The molecule has 1 N–H and O–H groups in total. The molecule has 6 nitrogen and oxygen atoms in total. The summed E-state index contributed by atoms with van der Waals surface area (Å²) in [6.07, 6.45) is 13.0. The molecule has 0 bridgehead atoms. The Labute approximate surface area is 228 Å². The van der Waals surface area contributed by atoms with Crippen LogP contribution in [0, 0.1) is 44.3 Å². The minimum absolute atomic E-state index is 0. The Morgan fingerprint density at radius 1 is 1.36 bits per heavy atom. The van der Waals surface area contributed by atoms with E-state index in [2.05, 4.69) is 30.4 Å². The van der Waals surface area contributed by atoms with Crippen LogP contribution in [0.5, 0.6) is 5.75 Å². The maximum Gasteiger partial charge on any atom is 2.00 e. The Kier molecular flexibility index (Phi) is 8.76. The average Bonchev–Trinajstić information content (AvgIpc) is 3.62. The normalized spacial score (nSPS) is 23.1. The summed E-state index contributed by atoms with van der Waals surface area (Å²) in [5, 5.41) is 2.90. The maximum absolute atomic E-state index is 13.2. The van der Waals surface area contributed by atoms with Crippen molar-refractivity contribution in [2.45, 2.75) is 35.1 Å². The smallest absolute Gasteiger partial charge is 0.683 e. The molecule has 0 aromatic heterocycles. The molecule has 33 heavy (non-hydrogen) atoms. The number of rotatable bonds is 6. The van der Waals surface area contributed by atoms with Crippen molar-refractivity contribution in [3.63, 3.8) is 0 Å². The molecule has 1 fully saturated rings. The number of benzene rings is 1. The van der Waals surface area contributed by atoms with Crippen LogP contribution >= 0.6 is 20.7 Å². The Bertz CT molecular complexity index is 1210. The first-order valence-electron chi connectivity index (χ1n) is 10.1. The van der Waals surface area contributed by atoms with Gasteiger partial charge in [-0.2, -0.15) is 19.2 Å². The second kappa shape index (κ2) is 11.0. The predicted molar refractivity (Wildman–Crippen MR) is 136 cm³/mol. The number of hydrogen-bond donors (Lipinski definition) is 1. The predicted octanol–water partition coefficient (Wildman–Crippen LogP) is 3.69. The summed E-state index contributed by atoms with van der Waals surface area (Å²) in [5.74, 6) is 0.305. The van der Waals surface area contributed by atoms with Gasteiger partial charge in [0.2, 0.25) is 15.7 Å². The average molecular weight is 800 g/mol. The van der Waals surface area contributed by atoms with E-state index in [0.29, 0.717) is 22.5 Å². The molecule has 2 heterocycles. The molecule has 9 heteroatoms. The largest absolute Gasteiger partial charge is 2.00 e. The van der Waals surface area contributed by atoms with Gasteiger partial charge in [-0.05, 0) is 46.9 Å². The van der Waals surface area contributed by atoms with Crippen molar-refractivity contribution in [2.75, 3.05) is 0 Å². The molecule has 2 unspecified atom stereocenters. The number of hydrogen-bond acceptors (Lipinski definition) is 5. The van der Waals surface area contributed by atoms with Crippen molar-refractivity contribution in [2.24, 2.45) is 4.99 Å². The van der Waals surface area contributed by atoms with Gasteiger partial charge in [-0.1, -0.05) is 19.1 Å². The monoisotopic (exact) mass is 800 g/mol. The van der Waals surface area contributed by atoms with Crippen LogP contribution in [0.15, 0.2) is 69.6 Å². The molecule has 0 saturated heterocycles. The Balaban J connectivity index is 0.00000306. The van der Waals surface area contributed by atoms with Crippen LogP contribution in [0.25, 0.3) is 0 Å². The van der Waals surface area contributed by atoms with Gasteiger partial charge in [0, 0.05) is 10.1 Å². The zero-order valence-corrected chi connectivity index (χ0v) is 25.1. The molecule has 2 aliphatic heterocycles. The van der Waals surface area contributed by atoms with Crippen LogP contribution in [-0.2, 0) is 20.0 Å². The minimum Gasteiger partial charge on any atom is -0.683 e. The SMILES string of the molecule is [CH2-]Oc1[c-]ccc(C2(C(=O)NC3C=CC=NC(S(=O)(=O)C4=CC=IC(C)C=C4)=C3)CC2)c1.[U+2]. The second-order valence-electron chi connectivity index (χ2n) is 7.70. The fourth-order valence-electron chi connectivity index (χ4n) is 3.51. The van der Waals surface area contributed by atoms with E-state index in [1.165, 1.54) is 12.3 Å². The Morgan fingerprint density at radius 2 is 2.15 bits per heavy atom. The molecule has 4 rings (SSSR count). The minimum atomic E-state index is -3.80. The van der Waals surface area contributed by atoms with Gasteiger partial charge in [-0.15, -0.1) is 38.4 Å². The fraction of sp³-hybridized carbons (Fsp3) is 0.250. The van der Waals surface area contributed by atoms with Gasteiger partial charge < -0.3 is 10.1 Å². The van der Waals surface area contributed by atoms with Gasteiger partial charge in [0.05, 0.1) is 16.4 Å². The van der Waals surface area contributed by atoms with Gasteiger partial charge in [0.1, 0.15) is 0 Å². The van der Waals surface area contributed by atoms with Gasteiger partial charge in [-0.25, -0.2) is 13.4 Å². The zero-order valence-electron chi connectivity index (χ0n) is 18.0. The molecule has 1 aromatic rings. The maximum atomic E-state index is 13.2. The number of aliphatic imine (C=N–C) groups is 1. The summed E-state index contributed by atoms with van der Waals surface area (Å²) in [5.41, 5.74) is 0.178. The molecule has 1 aromatic carbocycles. The number of halogens is 1. The summed E-state index contributed by atoms with van der Waals surface area (Å²) in [6.45, 7) is 2.08. The number of alkyl halides is 1.